The standard InChI is InChI=1S/C14H15F3O4/c1-13(2,3)12(19)21-10-6-4-9(5-7-10)20-11(18)8-14(15,16)17/h4-7H,8H2,1-3H3. The predicted molar refractivity (Wildman–Crippen MR) is 67.8 cm³/mol. The molecule has 1 aromatic rings. The van der Waals surface area contributed by atoms with Crippen molar-refractivity contribution in [3.05, 3.63) is 24.3 Å². The fourth-order valence-electron chi connectivity index (χ4n) is 1.17. The van der Waals surface area contributed by atoms with Gasteiger partial charge in [-0.25, -0.2) is 0 Å². The Balaban J connectivity index is 2.63. The maximum atomic E-state index is 12.0. The normalized spacial score (nSPS) is 11.9. The van der Waals surface area contributed by atoms with E-state index in [-0.39, 0.29) is 11.5 Å². The lowest BCUT2D eigenvalue weighted by Crippen LogP contribution is -2.25. The van der Waals surface area contributed by atoms with Crippen LogP contribution < -0.4 is 9.47 Å². The van der Waals surface area contributed by atoms with E-state index in [1.807, 2.05) is 0 Å². The van der Waals surface area contributed by atoms with E-state index in [9.17, 15) is 22.8 Å². The first-order chi connectivity index (χ1) is 9.47. The van der Waals surface area contributed by atoms with Crippen LogP contribution in [-0.4, -0.2) is 18.1 Å². The second-order valence-corrected chi connectivity index (χ2v) is 5.38. The summed E-state index contributed by atoms with van der Waals surface area (Å²) in [5, 5.41) is 0. The maximum Gasteiger partial charge on any atom is 0.399 e. The second-order valence-electron chi connectivity index (χ2n) is 5.38. The molecule has 1 rings (SSSR count). The van der Waals surface area contributed by atoms with Crippen LogP contribution in [0.1, 0.15) is 27.2 Å². The molecule has 0 radical (unpaired) electrons. The minimum absolute atomic E-state index is 0.0557. The molecule has 1 aromatic carbocycles. The molecular formula is C14H15F3O4. The number of carbonyl (C=O) groups excluding carboxylic acids is 2. The summed E-state index contributed by atoms with van der Waals surface area (Å²) >= 11 is 0. The lowest BCUT2D eigenvalue weighted by atomic mass is 9.97. The number of esters is 2. The summed E-state index contributed by atoms with van der Waals surface area (Å²) in [7, 11) is 0. The minimum atomic E-state index is -4.61. The molecule has 0 amide bonds. The fourth-order valence-corrected chi connectivity index (χ4v) is 1.17. The summed E-state index contributed by atoms with van der Waals surface area (Å²) in [5.74, 6) is -1.70. The van der Waals surface area contributed by atoms with Gasteiger partial charge in [-0.15, -0.1) is 0 Å². The number of benzene rings is 1. The van der Waals surface area contributed by atoms with Crippen LogP contribution in [0.15, 0.2) is 24.3 Å². The van der Waals surface area contributed by atoms with Gasteiger partial charge < -0.3 is 9.47 Å². The molecular weight excluding hydrogens is 289 g/mol. The highest BCUT2D eigenvalue weighted by Crippen LogP contribution is 2.24. The van der Waals surface area contributed by atoms with Crippen LogP contribution in [0.4, 0.5) is 13.2 Å². The van der Waals surface area contributed by atoms with Crippen LogP contribution in [0.5, 0.6) is 11.5 Å². The van der Waals surface area contributed by atoms with Gasteiger partial charge in [0.25, 0.3) is 0 Å². The highest BCUT2D eigenvalue weighted by molar-refractivity contribution is 5.78. The zero-order chi connectivity index (χ0) is 16.3. The van der Waals surface area contributed by atoms with Gasteiger partial charge in [-0.05, 0) is 45.0 Å². The molecule has 7 heteroatoms. The van der Waals surface area contributed by atoms with Crippen molar-refractivity contribution in [2.45, 2.75) is 33.4 Å². The number of ether oxygens (including phenoxy) is 2. The highest BCUT2D eigenvalue weighted by Gasteiger charge is 2.32. The topological polar surface area (TPSA) is 52.6 Å². The first-order valence-corrected chi connectivity index (χ1v) is 6.07. The summed E-state index contributed by atoms with van der Waals surface area (Å²) in [6.07, 6.45) is -6.27. The van der Waals surface area contributed by atoms with Gasteiger partial charge in [0.05, 0.1) is 5.41 Å². The maximum absolute atomic E-state index is 12.0. The Kier molecular flexibility index (Phi) is 4.98. The molecule has 0 saturated heterocycles. The van der Waals surface area contributed by atoms with Gasteiger partial charge in [-0.2, -0.15) is 13.2 Å². The molecule has 0 fully saturated rings. The molecule has 0 atom stereocenters. The van der Waals surface area contributed by atoms with E-state index in [0.29, 0.717) is 0 Å². The number of halogens is 3. The van der Waals surface area contributed by atoms with Crippen molar-refractivity contribution < 1.29 is 32.2 Å². The van der Waals surface area contributed by atoms with Crippen molar-refractivity contribution in [1.29, 1.82) is 0 Å². The van der Waals surface area contributed by atoms with Crippen LogP contribution in [0.3, 0.4) is 0 Å². The molecule has 0 bridgehead atoms. The molecule has 0 aromatic heterocycles. The quantitative estimate of drug-likeness (QED) is 0.633. The molecule has 21 heavy (non-hydrogen) atoms. The molecule has 0 N–H and O–H groups in total. The molecule has 0 heterocycles. The van der Waals surface area contributed by atoms with Crippen molar-refractivity contribution >= 4 is 11.9 Å². The summed E-state index contributed by atoms with van der Waals surface area (Å²) < 4.78 is 45.5. The molecule has 116 valence electrons. The summed E-state index contributed by atoms with van der Waals surface area (Å²) in [6, 6.07) is 5.17. The SMILES string of the molecule is CC(C)(C)C(=O)Oc1ccc(OC(=O)CC(F)(F)F)cc1. The van der Waals surface area contributed by atoms with Crippen LogP contribution >= 0.6 is 0 Å². The third-order valence-electron chi connectivity index (χ3n) is 2.22. The average molecular weight is 304 g/mol. The van der Waals surface area contributed by atoms with Crippen LogP contribution in [0, 0.1) is 5.41 Å². The number of carbonyl (C=O) groups is 2. The van der Waals surface area contributed by atoms with E-state index >= 15 is 0 Å². The van der Waals surface area contributed by atoms with E-state index in [4.69, 9.17) is 4.74 Å². The average Bonchev–Trinajstić information content (AvgIpc) is 2.27. The third kappa shape index (κ3) is 6.29. The van der Waals surface area contributed by atoms with Crippen LogP contribution in [0.25, 0.3) is 0 Å². The van der Waals surface area contributed by atoms with E-state index in [1.54, 1.807) is 20.8 Å². The van der Waals surface area contributed by atoms with Gasteiger partial charge in [-0.1, -0.05) is 0 Å². The minimum Gasteiger partial charge on any atom is -0.426 e. The number of rotatable bonds is 3. The highest BCUT2D eigenvalue weighted by atomic mass is 19.4. The van der Waals surface area contributed by atoms with Crippen molar-refractivity contribution in [3.63, 3.8) is 0 Å². The van der Waals surface area contributed by atoms with Crippen LogP contribution in [-0.2, 0) is 9.59 Å². The largest absolute Gasteiger partial charge is 0.426 e. The van der Waals surface area contributed by atoms with Gasteiger partial charge in [0.15, 0.2) is 0 Å². The Bertz CT molecular complexity index is 513. The lowest BCUT2D eigenvalue weighted by Gasteiger charge is -2.16. The Hall–Kier alpha value is -2.05. The van der Waals surface area contributed by atoms with E-state index in [0.717, 1.165) is 0 Å². The van der Waals surface area contributed by atoms with Crippen LogP contribution in [0.2, 0.25) is 0 Å². The molecule has 4 nitrogen and oxygen atoms in total. The lowest BCUT2D eigenvalue weighted by molar-refractivity contribution is -0.164. The van der Waals surface area contributed by atoms with E-state index < -0.39 is 30.0 Å². The monoisotopic (exact) mass is 304 g/mol. The summed E-state index contributed by atoms with van der Waals surface area (Å²) in [4.78, 5) is 22.6. The molecule has 0 unspecified atom stereocenters. The molecule has 0 aliphatic heterocycles. The summed E-state index contributed by atoms with van der Waals surface area (Å²) in [6.45, 7) is 5.05. The first-order valence-electron chi connectivity index (χ1n) is 6.07. The Labute approximate surface area is 119 Å². The number of hydrogen-bond donors (Lipinski definition) is 0. The van der Waals surface area contributed by atoms with Gasteiger partial charge in [0.2, 0.25) is 0 Å². The third-order valence-corrected chi connectivity index (χ3v) is 2.22. The molecule has 0 saturated carbocycles. The predicted octanol–water partition coefficient (Wildman–Crippen LogP) is 3.50. The van der Waals surface area contributed by atoms with Gasteiger partial charge >= 0.3 is 18.1 Å². The van der Waals surface area contributed by atoms with Crippen molar-refractivity contribution in [3.8, 4) is 11.5 Å². The van der Waals surface area contributed by atoms with Gasteiger partial charge in [0, 0.05) is 0 Å². The zero-order valence-corrected chi connectivity index (χ0v) is 11.8. The van der Waals surface area contributed by atoms with Gasteiger partial charge in [-0.3, -0.25) is 9.59 Å². The Morgan fingerprint density at radius 3 is 1.76 bits per heavy atom. The van der Waals surface area contributed by atoms with Gasteiger partial charge in [0.1, 0.15) is 17.9 Å². The zero-order valence-electron chi connectivity index (χ0n) is 11.8. The van der Waals surface area contributed by atoms with Crippen molar-refractivity contribution in [2.75, 3.05) is 0 Å². The smallest absolute Gasteiger partial charge is 0.399 e. The molecule has 0 spiro atoms. The molecule has 0 aliphatic carbocycles. The fraction of sp³-hybridized carbons (Fsp3) is 0.429. The molecule has 0 aliphatic rings. The Morgan fingerprint density at radius 2 is 1.38 bits per heavy atom. The number of alkyl halides is 3. The van der Waals surface area contributed by atoms with Crippen molar-refractivity contribution in [2.24, 2.45) is 5.41 Å². The van der Waals surface area contributed by atoms with Crippen molar-refractivity contribution in [1.82, 2.24) is 0 Å². The number of hydrogen-bond acceptors (Lipinski definition) is 4. The van der Waals surface area contributed by atoms with E-state index in [2.05, 4.69) is 4.74 Å². The first kappa shape index (κ1) is 17.0. The Morgan fingerprint density at radius 1 is 0.952 bits per heavy atom. The second kappa shape index (κ2) is 6.15. The summed E-state index contributed by atoms with van der Waals surface area (Å²) in [5.41, 5.74) is -0.683. The van der Waals surface area contributed by atoms with E-state index in [1.165, 1.54) is 24.3 Å².